The van der Waals surface area contributed by atoms with Gasteiger partial charge in [0.15, 0.2) is 16.1 Å². The van der Waals surface area contributed by atoms with Crippen molar-refractivity contribution in [2.75, 3.05) is 45.1 Å². The average molecular weight is 1240 g/mol. The van der Waals surface area contributed by atoms with E-state index in [9.17, 15) is 36.9 Å². The third-order valence-corrected chi connectivity index (χ3v) is 19.3. The first kappa shape index (κ1) is 77.3. The number of nitrogens with zero attached hydrogens (tertiary/aromatic N) is 2. The van der Waals surface area contributed by atoms with Gasteiger partial charge in [-0.3, -0.25) is 9.98 Å². The summed E-state index contributed by atoms with van der Waals surface area (Å²) in [5.41, 5.74) is 14.0. The minimum absolute atomic E-state index is 0.00278. The van der Waals surface area contributed by atoms with Crippen molar-refractivity contribution in [3.05, 3.63) is 45.9 Å². The van der Waals surface area contributed by atoms with E-state index in [2.05, 4.69) is 71.4 Å². The molecule has 1 amide bonds. The van der Waals surface area contributed by atoms with Crippen LogP contribution >= 0.6 is 0 Å². The van der Waals surface area contributed by atoms with E-state index in [0.29, 0.717) is 86.2 Å². The summed E-state index contributed by atoms with van der Waals surface area (Å²) in [6.07, 6.45) is 14.8. The molecule has 19 nitrogen and oxygen atoms in total. The Labute approximate surface area is 514 Å². The number of sulfone groups is 1. The van der Waals surface area contributed by atoms with Gasteiger partial charge < -0.3 is 56.9 Å². The SMILES string of the molecule is C/C=C/CCC(C)(C)OC/C=C/S(=O)(=O)CC(N)=NCCC[C@H](CC[C@@H](CN[C@@H](CC[C@H](CCCC)C(O)O)C(C)C)C(C)CC)NC[C@@H](CCCN=C(N)NS(=O)(=O)c1c(C)c(C)c2c(c1C)OC(C)(C)C2)CC(O)CNC(=O)OC(C)(C)C. The number of sulfonamides is 1. The summed E-state index contributed by atoms with van der Waals surface area (Å²) in [6, 6.07) is 0.198. The number of aliphatic hydroxyl groups is 3. The van der Waals surface area contributed by atoms with E-state index >= 15 is 0 Å². The molecule has 1 aromatic carbocycles. The molecule has 0 aromatic heterocycles. The molecule has 0 aliphatic carbocycles. The second-order valence-corrected chi connectivity index (χ2v) is 30.1. The molecule has 0 radical (unpaired) electrons. The maximum absolute atomic E-state index is 14.0. The number of amidine groups is 1. The Hall–Kier alpha value is -3.83. The molecule has 1 aliphatic heterocycles. The number of fused-ring (bicyclic) bond motifs is 1. The van der Waals surface area contributed by atoms with Gasteiger partial charge in [-0.2, -0.15) is 0 Å². The zero-order chi connectivity index (χ0) is 64.3. The fourth-order valence-electron chi connectivity index (χ4n) is 11.0. The largest absolute Gasteiger partial charge is 0.487 e. The third kappa shape index (κ3) is 30.3. The van der Waals surface area contributed by atoms with E-state index in [0.717, 1.165) is 87.3 Å². The van der Waals surface area contributed by atoms with Crippen LogP contribution < -0.4 is 36.9 Å². The number of allylic oxidation sites excluding steroid dienone is 2. The van der Waals surface area contributed by atoms with Crippen molar-refractivity contribution in [2.24, 2.45) is 51.0 Å². The quantitative estimate of drug-likeness (QED) is 0.00967. The number of alkyl carbamates (subject to hydrolysis) is 1. The maximum atomic E-state index is 14.0. The van der Waals surface area contributed by atoms with E-state index in [1.165, 1.54) is 6.08 Å². The molecular formula is C64H118N8O11S2. The minimum atomic E-state index is -4.14. The number of ether oxygens (including phenoxy) is 3. The molecule has 492 valence electrons. The molecule has 85 heavy (non-hydrogen) atoms. The van der Waals surface area contributed by atoms with Crippen LogP contribution in [0.4, 0.5) is 4.79 Å². The monoisotopic (exact) mass is 1240 g/mol. The summed E-state index contributed by atoms with van der Waals surface area (Å²) in [7, 11) is -7.83. The Morgan fingerprint density at radius 3 is 2.09 bits per heavy atom. The van der Waals surface area contributed by atoms with Gasteiger partial charge in [-0.05, 0) is 207 Å². The van der Waals surface area contributed by atoms with Gasteiger partial charge in [0, 0.05) is 60.6 Å². The Morgan fingerprint density at radius 1 is 0.812 bits per heavy atom. The first-order valence-corrected chi connectivity index (χ1v) is 34.8. The summed E-state index contributed by atoms with van der Waals surface area (Å²) >= 11 is 0. The fraction of sp³-hybridized carbons (Fsp3) is 0.797. The zero-order valence-electron chi connectivity index (χ0n) is 55.2. The average Bonchev–Trinajstić information content (AvgIpc) is 1.73. The Balaban J connectivity index is 2.39. The lowest BCUT2D eigenvalue weighted by Gasteiger charge is -2.31. The molecule has 0 bridgehead atoms. The molecule has 0 saturated heterocycles. The van der Waals surface area contributed by atoms with E-state index in [4.69, 9.17) is 25.7 Å². The van der Waals surface area contributed by atoms with Crippen LogP contribution in [0.1, 0.15) is 209 Å². The molecular weight excluding hydrogens is 1120 g/mol. The Bertz CT molecular complexity index is 2510. The number of carbonyl (C=O) groups is 1. The van der Waals surface area contributed by atoms with Crippen LogP contribution in [0, 0.1) is 50.4 Å². The predicted molar refractivity (Wildman–Crippen MR) is 347 cm³/mol. The van der Waals surface area contributed by atoms with Crippen molar-refractivity contribution in [3.8, 4) is 5.75 Å². The van der Waals surface area contributed by atoms with Gasteiger partial charge in [0.25, 0.3) is 10.0 Å². The van der Waals surface area contributed by atoms with Crippen molar-refractivity contribution in [1.82, 2.24) is 20.7 Å². The van der Waals surface area contributed by atoms with Crippen LogP contribution in [0.5, 0.6) is 5.75 Å². The first-order valence-electron chi connectivity index (χ1n) is 31.6. The van der Waals surface area contributed by atoms with Crippen LogP contribution in [0.25, 0.3) is 0 Å². The maximum Gasteiger partial charge on any atom is 0.407 e. The van der Waals surface area contributed by atoms with Crippen molar-refractivity contribution >= 4 is 37.7 Å². The van der Waals surface area contributed by atoms with Crippen LogP contribution in [-0.2, 0) is 35.8 Å². The van der Waals surface area contributed by atoms with Crippen LogP contribution in [0.15, 0.2) is 38.5 Å². The van der Waals surface area contributed by atoms with Gasteiger partial charge in [0.1, 0.15) is 28.5 Å². The number of carbonyl (C=O) groups excluding carboxylic acids is 1. The molecule has 0 fully saturated rings. The Kier molecular flexibility index (Phi) is 33.8. The Morgan fingerprint density at radius 2 is 1.47 bits per heavy atom. The molecule has 0 saturated carbocycles. The van der Waals surface area contributed by atoms with E-state index in [1.807, 2.05) is 47.6 Å². The lowest BCUT2D eigenvalue weighted by Crippen LogP contribution is -2.41. The molecule has 1 heterocycles. The molecule has 0 spiro atoms. The predicted octanol–water partition coefficient (Wildman–Crippen LogP) is 9.72. The molecule has 2 unspecified atom stereocenters. The second kappa shape index (κ2) is 37.2. The highest BCUT2D eigenvalue weighted by atomic mass is 32.2. The van der Waals surface area contributed by atoms with Crippen LogP contribution in [-0.4, -0.2) is 136 Å². The number of aliphatic hydroxyl groups excluding tert-OH is 2. The summed E-state index contributed by atoms with van der Waals surface area (Å²) in [5, 5.41) is 43.3. The van der Waals surface area contributed by atoms with Gasteiger partial charge in [0.2, 0.25) is 5.96 Å². The fourth-order valence-corrected chi connectivity index (χ4v) is 13.5. The molecule has 21 heteroatoms. The molecule has 11 N–H and O–H groups in total. The van der Waals surface area contributed by atoms with Gasteiger partial charge in [0.05, 0.1) is 23.2 Å². The highest BCUT2D eigenvalue weighted by Crippen LogP contribution is 2.44. The van der Waals surface area contributed by atoms with Crippen molar-refractivity contribution in [2.45, 2.75) is 260 Å². The smallest absolute Gasteiger partial charge is 0.407 e. The highest BCUT2D eigenvalue weighted by Gasteiger charge is 2.37. The van der Waals surface area contributed by atoms with Gasteiger partial charge >= 0.3 is 6.09 Å². The van der Waals surface area contributed by atoms with Gasteiger partial charge in [-0.15, -0.1) is 0 Å². The van der Waals surface area contributed by atoms with Crippen molar-refractivity contribution < 1.29 is 51.2 Å². The number of aliphatic imine (C=N–C) groups is 2. The van der Waals surface area contributed by atoms with Gasteiger partial charge in [-0.1, -0.05) is 66.0 Å². The lowest BCUT2D eigenvalue weighted by atomic mass is 9.85. The van der Waals surface area contributed by atoms with Crippen molar-refractivity contribution in [3.63, 3.8) is 0 Å². The van der Waals surface area contributed by atoms with Gasteiger partial charge in [-0.25, -0.2) is 26.4 Å². The number of nitrogens with one attached hydrogen (secondary N) is 4. The normalized spacial score (nSPS) is 17.0. The van der Waals surface area contributed by atoms with Crippen LogP contribution in [0.3, 0.4) is 0 Å². The number of benzene rings is 1. The topological polar surface area (TPSA) is 299 Å². The molecule has 1 aliphatic rings. The highest BCUT2D eigenvalue weighted by molar-refractivity contribution is 7.94. The van der Waals surface area contributed by atoms with E-state index in [-0.39, 0.29) is 60.3 Å². The molecule has 7 atom stereocenters. The number of amides is 1. The van der Waals surface area contributed by atoms with Crippen LogP contribution in [0.2, 0.25) is 0 Å². The minimum Gasteiger partial charge on any atom is -0.487 e. The molecule has 1 aromatic rings. The summed E-state index contributed by atoms with van der Waals surface area (Å²) in [4.78, 5) is 21.7. The number of hydrogen-bond donors (Lipinski definition) is 9. The number of guanidine groups is 1. The first-order chi connectivity index (χ1) is 39.6. The van der Waals surface area contributed by atoms with E-state index in [1.54, 1.807) is 34.6 Å². The summed E-state index contributed by atoms with van der Waals surface area (Å²) in [6.45, 7) is 33.6. The van der Waals surface area contributed by atoms with Crippen molar-refractivity contribution in [1.29, 1.82) is 0 Å². The standard InChI is InChI=1S/C64H118N8O11S2/c1-17-20-22-33-63(13,14)81-36-25-37-84(77,78)43-56(65)67-34-24-28-52(31-29-51(45(6)19-3)41-70-55(44(4)5)32-30-50(59(74)75)27-21-18-2)69-40-49(38-53(73)42-71-61(76)83-62(10,11)12)26-23-35-68-60(66)72-85(79,80)58-47(8)46(7)54-39-64(15,16)82-57(54)48(58)9/h17,20,25,37,44-45,49-53,55,59,69-70,73-75H,18-19,21-24,26-36,38-43H2,1-16H3,(H2,65,67)(H,71,76)(H3,66,68,72)/b20-17+,37-25+/t45?,49-,50-,51-,52+,53?,55-/m0/s1. The number of nitrogens with two attached hydrogens (primary N) is 2. The zero-order valence-corrected chi connectivity index (χ0v) is 56.9. The summed E-state index contributed by atoms with van der Waals surface area (Å²) in [5.74, 6) is 0.763. The second-order valence-electron chi connectivity index (χ2n) is 26.6. The lowest BCUT2D eigenvalue weighted by molar-refractivity contribution is -0.0895. The summed E-state index contributed by atoms with van der Waals surface area (Å²) < 4.78 is 74.1. The number of hydrogen-bond acceptors (Lipinski definition) is 15. The third-order valence-electron chi connectivity index (χ3n) is 16.4. The molecule has 2 rings (SSSR count). The number of unbranched alkanes of at least 4 members (excludes halogenated alkanes) is 1. The van der Waals surface area contributed by atoms with E-state index < -0.39 is 60.9 Å². The number of rotatable bonds is 42.